The molecule has 0 spiro atoms. The van der Waals surface area contributed by atoms with Crippen LogP contribution in [0.5, 0.6) is 0 Å². The summed E-state index contributed by atoms with van der Waals surface area (Å²) in [5.74, 6) is 0. The van der Waals surface area contributed by atoms with Gasteiger partial charge in [-0.1, -0.05) is 0 Å². The van der Waals surface area contributed by atoms with Crippen molar-refractivity contribution in [3.63, 3.8) is 0 Å². The van der Waals surface area contributed by atoms with Gasteiger partial charge < -0.3 is 9.88 Å². The summed E-state index contributed by atoms with van der Waals surface area (Å²) in [6.45, 7) is 1.86. The molecule has 1 aromatic heterocycles. The summed E-state index contributed by atoms with van der Waals surface area (Å²) >= 11 is 0. The zero-order valence-corrected chi connectivity index (χ0v) is 8.54. The van der Waals surface area contributed by atoms with E-state index in [0.29, 0.717) is 0 Å². The number of hydrogen-bond donors (Lipinski definition) is 1. The average Bonchev–Trinajstić information content (AvgIpc) is 2.81. The third-order valence-corrected chi connectivity index (χ3v) is 3.06. The molecule has 1 aromatic carbocycles. The number of benzene rings is 1. The maximum absolute atomic E-state index is 9.02. The van der Waals surface area contributed by atoms with Gasteiger partial charge in [-0.25, -0.2) is 0 Å². The normalized spacial score (nSPS) is 14.1. The van der Waals surface area contributed by atoms with Crippen molar-refractivity contribution >= 4 is 10.9 Å². The Bertz CT molecular complexity index is 587. The lowest BCUT2D eigenvalue weighted by molar-refractivity contribution is 0.765. The first-order valence-corrected chi connectivity index (χ1v) is 5.01. The highest BCUT2D eigenvalue weighted by Gasteiger charge is 2.14. The number of rotatable bonds is 0. The highest BCUT2D eigenvalue weighted by atomic mass is 14.9. The van der Waals surface area contributed by atoms with E-state index in [1.54, 1.807) is 0 Å². The van der Waals surface area contributed by atoms with E-state index in [1.807, 2.05) is 17.8 Å². The molecule has 74 valence electrons. The number of nitrogens with one attached hydrogen (secondary N) is 1. The van der Waals surface area contributed by atoms with E-state index in [0.717, 1.165) is 29.6 Å². The summed E-state index contributed by atoms with van der Waals surface area (Å²) in [4.78, 5) is 0. The third-order valence-electron chi connectivity index (χ3n) is 3.06. The van der Waals surface area contributed by atoms with E-state index in [1.165, 1.54) is 11.1 Å². The molecular weight excluding hydrogens is 186 g/mol. The van der Waals surface area contributed by atoms with Crippen LogP contribution in [-0.2, 0) is 20.1 Å². The van der Waals surface area contributed by atoms with Crippen molar-refractivity contribution in [1.82, 2.24) is 9.88 Å². The summed E-state index contributed by atoms with van der Waals surface area (Å²) in [7, 11) is 1.98. The summed E-state index contributed by atoms with van der Waals surface area (Å²) in [5.41, 5.74) is 4.59. The molecule has 1 aliphatic rings. The minimum absolute atomic E-state index is 0.766. The van der Waals surface area contributed by atoms with E-state index in [-0.39, 0.29) is 0 Å². The van der Waals surface area contributed by atoms with Crippen LogP contribution in [-0.4, -0.2) is 4.57 Å². The van der Waals surface area contributed by atoms with Crippen LogP contribution in [0.4, 0.5) is 0 Å². The van der Waals surface area contributed by atoms with Gasteiger partial charge in [0, 0.05) is 37.2 Å². The first-order valence-electron chi connectivity index (χ1n) is 5.01. The standard InChI is InChI=1S/C12H11N3/c1-15-7-10(4-13)11-2-8-5-14-6-9(8)3-12(11)15/h2-3,7,14H,5-6H2,1H3. The predicted molar refractivity (Wildman–Crippen MR) is 58.2 cm³/mol. The highest BCUT2D eigenvalue weighted by molar-refractivity contribution is 5.88. The summed E-state index contributed by atoms with van der Waals surface area (Å²) in [5, 5.41) is 13.4. The van der Waals surface area contributed by atoms with Gasteiger partial charge >= 0.3 is 0 Å². The maximum atomic E-state index is 9.02. The van der Waals surface area contributed by atoms with Crippen LogP contribution in [0.2, 0.25) is 0 Å². The maximum Gasteiger partial charge on any atom is 0.101 e. The second-order valence-corrected chi connectivity index (χ2v) is 4.01. The Morgan fingerprint density at radius 2 is 2.07 bits per heavy atom. The van der Waals surface area contributed by atoms with Crippen molar-refractivity contribution in [3.8, 4) is 6.07 Å². The smallest absolute Gasteiger partial charge is 0.101 e. The minimum Gasteiger partial charge on any atom is -0.349 e. The molecule has 0 radical (unpaired) electrons. The largest absolute Gasteiger partial charge is 0.349 e. The Balaban J connectivity index is 2.41. The molecule has 2 aromatic rings. The fourth-order valence-electron chi connectivity index (χ4n) is 2.27. The van der Waals surface area contributed by atoms with Crippen LogP contribution in [0.3, 0.4) is 0 Å². The molecule has 0 fully saturated rings. The highest BCUT2D eigenvalue weighted by Crippen LogP contribution is 2.26. The van der Waals surface area contributed by atoms with Gasteiger partial charge in [-0.3, -0.25) is 0 Å². The SMILES string of the molecule is Cn1cc(C#N)c2cc3c(cc21)CNC3. The van der Waals surface area contributed by atoms with Crippen molar-refractivity contribution in [3.05, 3.63) is 35.0 Å². The molecule has 1 N–H and O–H groups in total. The van der Waals surface area contributed by atoms with Crippen molar-refractivity contribution < 1.29 is 0 Å². The Kier molecular flexibility index (Phi) is 1.62. The molecule has 0 unspecified atom stereocenters. The van der Waals surface area contributed by atoms with Crippen molar-refractivity contribution in [2.45, 2.75) is 13.1 Å². The molecule has 0 atom stereocenters. The molecule has 1 aliphatic heterocycles. The molecule has 15 heavy (non-hydrogen) atoms. The Morgan fingerprint density at radius 3 is 2.80 bits per heavy atom. The number of fused-ring (bicyclic) bond motifs is 2. The Labute approximate surface area is 87.9 Å². The summed E-state index contributed by atoms with van der Waals surface area (Å²) in [6.07, 6.45) is 1.90. The van der Waals surface area contributed by atoms with Crippen molar-refractivity contribution in [2.24, 2.45) is 7.05 Å². The second-order valence-electron chi connectivity index (χ2n) is 4.01. The van der Waals surface area contributed by atoms with Gasteiger partial charge in [0.25, 0.3) is 0 Å². The van der Waals surface area contributed by atoms with Crippen LogP contribution in [0.15, 0.2) is 18.3 Å². The molecule has 3 rings (SSSR count). The Hall–Kier alpha value is -1.79. The van der Waals surface area contributed by atoms with Gasteiger partial charge in [0.15, 0.2) is 0 Å². The molecule has 0 saturated carbocycles. The zero-order valence-electron chi connectivity index (χ0n) is 8.54. The fourth-order valence-corrected chi connectivity index (χ4v) is 2.27. The van der Waals surface area contributed by atoms with Gasteiger partial charge in [0.1, 0.15) is 6.07 Å². The Morgan fingerprint density at radius 1 is 1.33 bits per heavy atom. The average molecular weight is 197 g/mol. The van der Waals surface area contributed by atoms with Gasteiger partial charge in [0.2, 0.25) is 0 Å². The van der Waals surface area contributed by atoms with E-state index in [4.69, 9.17) is 5.26 Å². The number of nitriles is 1. The first kappa shape index (κ1) is 8.51. The van der Waals surface area contributed by atoms with Crippen LogP contribution in [0.1, 0.15) is 16.7 Å². The lowest BCUT2D eigenvalue weighted by Gasteiger charge is -2.00. The molecule has 0 aliphatic carbocycles. The van der Waals surface area contributed by atoms with Gasteiger partial charge in [0.05, 0.1) is 5.56 Å². The number of aromatic nitrogens is 1. The topological polar surface area (TPSA) is 40.8 Å². The monoisotopic (exact) mass is 197 g/mol. The third kappa shape index (κ3) is 1.09. The van der Waals surface area contributed by atoms with Crippen molar-refractivity contribution in [1.29, 1.82) is 5.26 Å². The fraction of sp³-hybridized carbons (Fsp3) is 0.250. The van der Waals surface area contributed by atoms with Gasteiger partial charge in [-0.15, -0.1) is 0 Å². The predicted octanol–water partition coefficient (Wildman–Crippen LogP) is 1.65. The zero-order chi connectivity index (χ0) is 10.4. The van der Waals surface area contributed by atoms with E-state index in [9.17, 15) is 0 Å². The van der Waals surface area contributed by atoms with E-state index < -0.39 is 0 Å². The molecular formula is C12H11N3. The molecule has 0 saturated heterocycles. The molecule has 2 heterocycles. The molecule has 3 heteroatoms. The van der Waals surface area contributed by atoms with E-state index >= 15 is 0 Å². The van der Waals surface area contributed by atoms with E-state index in [2.05, 4.69) is 23.5 Å². The van der Waals surface area contributed by atoms with Crippen LogP contribution in [0, 0.1) is 11.3 Å². The van der Waals surface area contributed by atoms with Crippen LogP contribution < -0.4 is 5.32 Å². The van der Waals surface area contributed by atoms with Gasteiger partial charge in [-0.05, 0) is 23.3 Å². The van der Waals surface area contributed by atoms with Crippen LogP contribution >= 0.6 is 0 Å². The second kappa shape index (κ2) is 2.85. The minimum atomic E-state index is 0.766. The molecule has 0 amide bonds. The van der Waals surface area contributed by atoms with Crippen molar-refractivity contribution in [2.75, 3.05) is 0 Å². The quantitative estimate of drug-likeness (QED) is 0.697. The van der Waals surface area contributed by atoms with Gasteiger partial charge in [-0.2, -0.15) is 5.26 Å². The molecule has 3 nitrogen and oxygen atoms in total. The van der Waals surface area contributed by atoms with Crippen LogP contribution in [0.25, 0.3) is 10.9 Å². The molecule has 0 bridgehead atoms. The number of aryl methyl sites for hydroxylation is 1. The summed E-state index contributed by atoms with van der Waals surface area (Å²) in [6, 6.07) is 6.57. The number of hydrogen-bond acceptors (Lipinski definition) is 2. The summed E-state index contributed by atoms with van der Waals surface area (Å²) < 4.78 is 2.02. The first-order chi connectivity index (χ1) is 7.29. The lowest BCUT2D eigenvalue weighted by atomic mass is 10.1. The lowest BCUT2D eigenvalue weighted by Crippen LogP contribution is -1.99. The number of nitrogens with zero attached hydrogens (tertiary/aromatic N) is 2.